The highest BCUT2D eigenvalue weighted by Crippen LogP contribution is 2.53. The molecule has 134 valence electrons. The maximum Gasteiger partial charge on any atom is 0.337 e. The van der Waals surface area contributed by atoms with Crippen molar-refractivity contribution in [1.29, 1.82) is 0 Å². The van der Waals surface area contributed by atoms with Crippen LogP contribution in [0.4, 0.5) is 5.69 Å². The van der Waals surface area contributed by atoms with E-state index in [2.05, 4.69) is 0 Å². The third-order valence-corrected chi connectivity index (χ3v) is 5.49. The van der Waals surface area contributed by atoms with E-state index in [-0.39, 0.29) is 52.3 Å². The number of hydrogen-bond donors (Lipinski definition) is 0. The first kappa shape index (κ1) is 16.5. The van der Waals surface area contributed by atoms with Crippen LogP contribution in [-0.2, 0) is 19.1 Å². The summed E-state index contributed by atoms with van der Waals surface area (Å²) in [5.41, 5.74) is 0.338. The number of nitrogens with zero attached hydrogens (tertiary/aromatic N) is 1. The average molecular weight is 355 g/mol. The van der Waals surface area contributed by atoms with Crippen LogP contribution in [-0.4, -0.2) is 38.0 Å². The second-order valence-corrected chi connectivity index (χ2v) is 6.76. The van der Waals surface area contributed by atoms with Gasteiger partial charge in [-0.05, 0) is 36.5 Å². The molecule has 7 heteroatoms. The number of imide groups is 1. The standard InChI is InChI=1S/C19H17NO6/c1-25-18(23)11-6-12(19(24)26-2)8-13(7-11)20-16(21)14-9-3-4-10(5-9)15(14)17(20)22/h3-4,6-10,14-15H,5H2,1-2H3/t9-,10+,14+,15-. The van der Waals surface area contributed by atoms with Gasteiger partial charge in [0.15, 0.2) is 0 Å². The van der Waals surface area contributed by atoms with E-state index in [1.54, 1.807) is 0 Å². The van der Waals surface area contributed by atoms with Crippen molar-refractivity contribution in [3.63, 3.8) is 0 Å². The maximum atomic E-state index is 12.9. The van der Waals surface area contributed by atoms with Crippen molar-refractivity contribution in [1.82, 2.24) is 0 Å². The third kappa shape index (κ3) is 2.20. The van der Waals surface area contributed by atoms with Crippen LogP contribution in [0.15, 0.2) is 30.4 Å². The van der Waals surface area contributed by atoms with E-state index in [4.69, 9.17) is 9.47 Å². The van der Waals surface area contributed by atoms with E-state index in [0.717, 1.165) is 11.3 Å². The number of fused-ring (bicyclic) bond motifs is 5. The molecule has 2 aliphatic carbocycles. The number of amides is 2. The molecule has 1 heterocycles. The van der Waals surface area contributed by atoms with Crippen molar-refractivity contribution in [2.24, 2.45) is 23.7 Å². The molecular weight excluding hydrogens is 338 g/mol. The van der Waals surface area contributed by atoms with Gasteiger partial charge in [-0.15, -0.1) is 0 Å². The third-order valence-electron chi connectivity index (χ3n) is 5.49. The van der Waals surface area contributed by atoms with E-state index < -0.39 is 11.9 Å². The van der Waals surface area contributed by atoms with Gasteiger partial charge in [-0.2, -0.15) is 0 Å². The van der Waals surface area contributed by atoms with Gasteiger partial charge < -0.3 is 9.47 Å². The van der Waals surface area contributed by atoms with Crippen molar-refractivity contribution < 1.29 is 28.7 Å². The first-order valence-electron chi connectivity index (χ1n) is 8.34. The summed E-state index contributed by atoms with van der Waals surface area (Å²) in [6.07, 6.45) is 4.84. The SMILES string of the molecule is COC(=O)c1cc(C(=O)OC)cc(N2C(=O)[C@@H]3[C@H](C2=O)[C@H]2C=C[C@@H]3C2)c1. The minimum Gasteiger partial charge on any atom is -0.465 e. The smallest absolute Gasteiger partial charge is 0.337 e. The lowest BCUT2D eigenvalue weighted by Crippen LogP contribution is -2.33. The Morgan fingerprint density at radius 1 is 0.885 bits per heavy atom. The summed E-state index contributed by atoms with van der Waals surface area (Å²) in [5.74, 6) is -2.47. The molecule has 4 atom stereocenters. The zero-order chi connectivity index (χ0) is 18.6. The second kappa shape index (κ2) is 5.79. The molecule has 2 fully saturated rings. The number of carbonyl (C=O) groups is 4. The molecule has 1 aromatic rings. The molecule has 0 radical (unpaired) electrons. The number of allylic oxidation sites excluding steroid dienone is 2. The summed E-state index contributed by atoms with van der Waals surface area (Å²) in [7, 11) is 2.43. The molecule has 4 rings (SSSR count). The second-order valence-electron chi connectivity index (χ2n) is 6.76. The van der Waals surface area contributed by atoms with Gasteiger partial charge >= 0.3 is 11.9 Å². The lowest BCUT2D eigenvalue weighted by Gasteiger charge is -2.18. The van der Waals surface area contributed by atoms with Gasteiger partial charge in [-0.3, -0.25) is 9.59 Å². The van der Waals surface area contributed by atoms with Crippen LogP contribution in [0.3, 0.4) is 0 Å². The zero-order valence-corrected chi connectivity index (χ0v) is 14.3. The predicted molar refractivity (Wildman–Crippen MR) is 89.3 cm³/mol. The minimum absolute atomic E-state index is 0.0733. The zero-order valence-electron chi connectivity index (χ0n) is 14.3. The average Bonchev–Trinajstić information content (AvgIpc) is 3.33. The molecule has 7 nitrogen and oxygen atoms in total. The normalized spacial score (nSPS) is 28.5. The highest BCUT2D eigenvalue weighted by Gasteiger charge is 2.59. The molecule has 1 aromatic carbocycles. The fourth-order valence-electron chi connectivity index (χ4n) is 4.37. The minimum atomic E-state index is -0.668. The molecule has 2 bridgehead atoms. The number of anilines is 1. The first-order chi connectivity index (χ1) is 12.5. The summed E-state index contributed by atoms with van der Waals surface area (Å²) in [6, 6.07) is 4.10. The topological polar surface area (TPSA) is 90.0 Å². The molecule has 0 aromatic heterocycles. The monoisotopic (exact) mass is 355 g/mol. The van der Waals surface area contributed by atoms with Crippen LogP contribution in [0.5, 0.6) is 0 Å². The Kier molecular flexibility index (Phi) is 3.68. The molecule has 0 unspecified atom stereocenters. The summed E-state index contributed by atoms with van der Waals surface area (Å²) >= 11 is 0. The van der Waals surface area contributed by atoms with Gasteiger partial charge in [0.1, 0.15) is 0 Å². The van der Waals surface area contributed by atoms with Crippen LogP contribution in [0.2, 0.25) is 0 Å². The summed E-state index contributed by atoms with van der Waals surface area (Å²) in [6.45, 7) is 0. The summed E-state index contributed by atoms with van der Waals surface area (Å²) < 4.78 is 9.41. The molecular formula is C19H17NO6. The van der Waals surface area contributed by atoms with E-state index in [9.17, 15) is 19.2 Å². The van der Waals surface area contributed by atoms with Gasteiger partial charge in [-0.1, -0.05) is 12.2 Å². The van der Waals surface area contributed by atoms with Gasteiger partial charge in [0.25, 0.3) is 0 Å². The van der Waals surface area contributed by atoms with Crippen molar-refractivity contribution in [2.75, 3.05) is 19.1 Å². The van der Waals surface area contributed by atoms with Crippen molar-refractivity contribution in [3.05, 3.63) is 41.5 Å². The van der Waals surface area contributed by atoms with E-state index in [1.807, 2.05) is 12.2 Å². The van der Waals surface area contributed by atoms with Crippen molar-refractivity contribution in [2.45, 2.75) is 6.42 Å². The maximum absolute atomic E-state index is 12.9. The number of esters is 2. The Labute approximate surface area is 149 Å². The first-order valence-corrected chi connectivity index (χ1v) is 8.34. The molecule has 0 spiro atoms. The highest BCUT2D eigenvalue weighted by molar-refractivity contribution is 6.23. The lowest BCUT2D eigenvalue weighted by molar-refractivity contribution is -0.123. The Hall–Kier alpha value is -2.96. The molecule has 1 saturated heterocycles. The number of methoxy groups -OCH3 is 2. The fraction of sp³-hybridized carbons (Fsp3) is 0.368. The number of hydrogen-bond acceptors (Lipinski definition) is 6. The fourth-order valence-corrected chi connectivity index (χ4v) is 4.37. The lowest BCUT2D eigenvalue weighted by atomic mass is 9.85. The van der Waals surface area contributed by atoms with Gasteiger partial charge in [-0.25, -0.2) is 14.5 Å². The van der Waals surface area contributed by atoms with Crippen LogP contribution in [0.1, 0.15) is 27.1 Å². The van der Waals surface area contributed by atoms with Crippen LogP contribution in [0, 0.1) is 23.7 Å². The predicted octanol–water partition coefficient (Wildman–Crippen LogP) is 1.57. The Morgan fingerprint density at radius 2 is 1.35 bits per heavy atom. The molecule has 0 N–H and O–H groups in total. The van der Waals surface area contributed by atoms with Gasteiger partial charge in [0.05, 0.1) is 42.9 Å². The summed E-state index contributed by atoms with van der Waals surface area (Å²) in [5, 5.41) is 0. The van der Waals surface area contributed by atoms with Crippen molar-refractivity contribution in [3.8, 4) is 0 Å². The molecule has 2 amide bonds. The largest absolute Gasteiger partial charge is 0.465 e. The van der Waals surface area contributed by atoms with E-state index >= 15 is 0 Å². The Bertz CT molecular complexity index is 809. The number of rotatable bonds is 3. The van der Waals surface area contributed by atoms with Gasteiger partial charge in [0, 0.05) is 0 Å². The van der Waals surface area contributed by atoms with Gasteiger partial charge in [0.2, 0.25) is 11.8 Å². The van der Waals surface area contributed by atoms with Crippen LogP contribution >= 0.6 is 0 Å². The Morgan fingerprint density at radius 3 is 1.77 bits per heavy atom. The number of ether oxygens (including phenoxy) is 2. The van der Waals surface area contributed by atoms with Crippen LogP contribution in [0.25, 0.3) is 0 Å². The van der Waals surface area contributed by atoms with Crippen LogP contribution < -0.4 is 4.90 Å². The molecule has 1 aliphatic heterocycles. The number of benzene rings is 1. The van der Waals surface area contributed by atoms with E-state index in [1.165, 1.54) is 32.4 Å². The number of carbonyl (C=O) groups excluding carboxylic acids is 4. The van der Waals surface area contributed by atoms with Crippen molar-refractivity contribution >= 4 is 29.4 Å². The molecule has 3 aliphatic rings. The highest BCUT2D eigenvalue weighted by atomic mass is 16.5. The quantitative estimate of drug-likeness (QED) is 0.464. The molecule has 1 saturated carbocycles. The molecule has 26 heavy (non-hydrogen) atoms. The van der Waals surface area contributed by atoms with E-state index in [0.29, 0.717) is 0 Å². The Balaban J connectivity index is 1.78. The summed E-state index contributed by atoms with van der Waals surface area (Å²) in [4.78, 5) is 50.8.